The van der Waals surface area contributed by atoms with Crippen molar-refractivity contribution in [1.82, 2.24) is 10.3 Å². The van der Waals surface area contributed by atoms with Crippen molar-refractivity contribution in [2.75, 3.05) is 19.0 Å². The van der Waals surface area contributed by atoms with Crippen LogP contribution in [0.4, 0.5) is 5.82 Å². The molecule has 0 fully saturated rings. The third-order valence-electron chi connectivity index (χ3n) is 2.85. The molecule has 0 aliphatic heterocycles. The van der Waals surface area contributed by atoms with Crippen molar-refractivity contribution in [2.45, 2.75) is 26.8 Å². The number of anilines is 1. The van der Waals surface area contributed by atoms with E-state index in [1.165, 1.54) is 6.20 Å². The molecule has 0 unspecified atom stereocenters. The van der Waals surface area contributed by atoms with E-state index in [1.54, 1.807) is 37.8 Å². The van der Waals surface area contributed by atoms with Crippen molar-refractivity contribution in [3.8, 4) is 0 Å². The quantitative estimate of drug-likeness (QED) is 0.870. The number of amides is 1. The first-order valence-corrected chi connectivity index (χ1v) is 6.30. The van der Waals surface area contributed by atoms with E-state index in [0.29, 0.717) is 11.4 Å². The SMILES string of the molecule is CN(C)c1cc(C(=O)N[C@H](C(=O)O)C(C)(C)C)ccn1. The number of aliphatic carboxylic acids is 1. The van der Waals surface area contributed by atoms with Crippen molar-refractivity contribution in [1.29, 1.82) is 0 Å². The minimum absolute atomic E-state index is 0.388. The third kappa shape index (κ3) is 3.94. The molecule has 1 aromatic rings. The maximum absolute atomic E-state index is 12.2. The highest BCUT2D eigenvalue weighted by atomic mass is 16.4. The average Bonchev–Trinajstić information content (AvgIpc) is 2.33. The van der Waals surface area contributed by atoms with Gasteiger partial charge >= 0.3 is 5.97 Å². The second-order valence-electron chi connectivity index (χ2n) is 5.91. The van der Waals surface area contributed by atoms with E-state index >= 15 is 0 Å². The first kappa shape index (κ1) is 15.9. The molecule has 110 valence electrons. The van der Waals surface area contributed by atoms with E-state index in [4.69, 9.17) is 0 Å². The minimum Gasteiger partial charge on any atom is -0.480 e. The molecule has 1 heterocycles. The Labute approximate surface area is 118 Å². The molecular weight excluding hydrogens is 258 g/mol. The van der Waals surface area contributed by atoms with Crippen molar-refractivity contribution in [3.63, 3.8) is 0 Å². The van der Waals surface area contributed by atoms with E-state index in [0.717, 1.165) is 0 Å². The van der Waals surface area contributed by atoms with Crippen LogP contribution in [0.5, 0.6) is 0 Å². The summed E-state index contributed by atoms with van der Waals surface area (Å²) in [5.74, 6) is -0.828. The highest BCUT2D eigenvalue weighted by Crippen LogP contribution is 2.20. The van der Waals surface area contributed by atoms with Crippen LogP contribution in [0.2, 0.25) is 0 Å². The van der Waals surface area contributed by atoms with Crippen LogP contribution in [-0.4, -0.2) is 42.1 Å². The monoisotopic (exact) mass is 279 g/mol. The molecule has 1 atom stereocenters. The molecule has 0 spiro atoms. The smallest absolute Gasteiger partial charge is 0.326 e. The van der Waals surface area contributed by atoms with Gasteiger partial charge in [0.15, 0.2) is 0 Å². The Bertz CT molecular complexity index is 507. The van der Waals surface area contributed by atoms with Crippen LogP contribution in [-0.2, 0) is 4.79 Å². The molecule has 0 saturated carbocycles. The maximum Gasteiger partial charge on any atom is 0.326 e. The Hall–Kier alpha value is -2.11. The van der Waals surface area contributed by atoms with Crippen molar-refractivity contribution >= 4 is 17.7 Å². The van der Waals surface area contributed by atoms with Crippen LogP contribution in [0.25, 0.3) is 0 Å². The Kier molecular flexibility index (Phi) is 4.70. The highest BCUT2D eigenvalue weighted by Gasteiger charge is 2.32. The van der Waals surface area contributed by atoms with Crippen LogP contribution in [0.15, 0.2) is 18.3 Å². The molecule has 1 rings (SSSR count). The number of hydrogen-bond donors (Lipinski definition) is 2. The van der Waals surface area contributed by atoms with Gasteiger partial charge < -0.3 is 15.3 Å². The standard InChI is InChI=1S/C14H21N3O3/c1-14(2,3)11(13(19)20)16-12(18)9-6-7-15-10(8-9)17(4)5/h6-8,11H,1-5H3,(H,16,18)(H,19,20)/t11-/m1/s1. The van der Waals surface area contributed by atoms with E-state index in [2.05, 4.69) is 10.3 Å². The lowest BCUT2D eigenvalue weighted by atomic mass is 9.86. The maximum atomic E-state index is 12.2. The van der Waals surface area contributed by atoms with Gasteiger partial charge in [-0.15, -0.1) is 0 Å². The summed E-state index contributed by atoms with van der Waals surface area (Å²) >= 11 is 0. The predicted octanol–water partition coefficient (Wildman–Crippen LogP) is 1.38. The van der Waals surface area contributed by atoms with Crippen LogP contribution in [0.1, 0.15) is 31.1 Å². The molecule has 0 bridgehead atoms. The Balaban J connectivity index is 2.95. The number of pyridine rings is 1. The van der Waals surface area contributed by atoms with Gasteiger partial charge in [0.1, 0.15) is 11.9 Å². The molecule has 20 heavy (non-hydrogen) atoms. The summed E-state index contributed by atoms with van der Waals surface area (Å²) in [5.41, 5.74) is -0.182. The number of carbonyl (C=O) groups is 2. The van der Waals surface area contributed by atoms with Crippen LogP contribution >= 0.6 is 0 Å². The number of carboxylic acids is 1. The molecule has 0 aliphatic rings. The van der Waals surface area contributed by atoms with Gasteiger partial charge in [-0.05, 0) is 17.5 Å². The van der Waals surface area contributed by atoms with Crippen molar-refractivity contribution in [3.05, 3.63) is 23.9 Å². The topological polar surface area (TPSA) is 82.5 Å². The zero-order chi connectivity index (χ0) is 15.5. The van der Waals surface area contributed by atoms with Gasteiger partial charge in [-0.3, -0.25) is 4.79 Å². The summed E-state index contributed by atoms with van der Waals surface area (Å²) in [7, 11) is 3.64. The van der Waals surface area contributed by atoms with E-state index in [9.17, 15) is 14.7 Å². The van der Waals surface area contributed by atoms with Gasteiger partial charge in [0.05, 0.1) is 0 Å². The van der Waals surface area contributed by atoms with Gasteiger partial charge in [0.25, 0.3) is 5.91 Å². The molecule has 6 heteroatoms. The van der Waals surface area contributed by atoms with Crippen LogP contribution in [0.3, 0.4) is 0 Å². The number of nitrogens with zero attached hydrogens (tertiary/aromatic N) is 2. The number of rotatable bonds is 4. The van der Waals surface area contributed by atoms with Gasteiger partial charge in [-0.2, -0.15) is 0 Å². The van der Waals surface area contributed by atoms with Crippen molar-refractivity contribution in [2.24, 2.45) is 5.41 Å². The average molecular weight is 279 g/mol. The number of carboxylic acid groups (broad SMARTS) is 1. The number of nitrogens with one attached hydrogen (secondary N) is 1. The summed E-state index contributed by atoms with van der Waals surface area (Å²) in [6.07, 6.45) is 1.52. The summed E-state index contributed by atoms with van der Waals surface area (Å²) in [6.45, 7) is 5.30. The first-order valence-electron chi connectivity index (χ1n) is 6.30. The highest BCUT2D eigenvalue weighted by molar-refractivity contribution is 5.97. The second kappa shape index (κ2) is 5.90. The fourth-order valence-corrected chi connectivity index (χ4v) is 1.67. The number of hydrogen-bond acceptors (Lipinski definition) is 4. The fraction of sp³-hybridized carbons (Fsp3) is 0.500. The lowest BCUT2D eigenvalue weighted by Gasteiger charge is -2.27. The van der Waals surface area contributed by atoms with E-state index in [-0.39, 0.29) is 0 Å². The Morgan fingerprint density at radius 3 is 2.40 bits per heavy atom. The Morgan fingerprint density at radius 1 is 1.35 bits per heavy atom. The van der Waals surface area contributed by atoms with Crippen LogP contribution in [0, 0.1) is 5.41 Å². The molecule has 6 nitrogen and oxygen atoms in total. The zero-order valence-corrected chi connectivity index (χ0v) is 12.5. The molecule has 1 aromatic heterocycles. The summed E-state index contributed by atoms with van der Waals surface area (Å²) in [6, 6.07) is 2.23. The summed E-state index contributed by atoms with van der Waals surface area (Å²) in [4.78, 5) is 29.3. The third-order valence-corrected chi connectivity index (χ3v) is 2.85. The summed E-state index contributed by atoms with van der Waals surface area (Å²) < 4.78 is 0. The van der Waals surface area contributed by atoms with E-state index in [1.807, 2.05) is 14.1 Å². The second-order valence-corrected chi connectivity index (χ2v) is 5.91. The normalized spacial score (nSPS) is 12.7. The van der Waals surface area contributed by atoms with Gasteiger partial charge in [0.2, 0.25) is 0 Å². The largest absolute Gasteiger partial charge is 0.480 e. The predicted molar refractivity (Wildman–Crippen MR) is 76.9 cm³/mol. The molecular formula is C14H21N3O3. The lowest BCUT2D eigenvalue weighted by molar-refractivity contribution is -0.142. The molecule has 1 amide bonds. The lowest BCUT2D eigenvalue weighted by Crippen LogP contribution is -2.49. The zero-order valence-electron chi connectivity index (χ0n) is 12.5. The van der Waals surface area contributed by atoms with Gasteiger partial charge in [-0.25, -0.2) is 9.78 Å². The van der Waals surface area contributed by atoms with Gasteiger partial charge in [-0.1, -0.05) is 20.8 Å². The number of carbonyl (C=O) groups excluding carboxylic acids is 1. The fourth-order valence-electron chi connectivity index (χ4n) is 1.67. The van der Waals surface area contributed by atoms with E-state index < -0.39 is 23.3 Å². The molecule has 0 aliphatic carbocycles. The first-order chi connectivity index (χ1) is 9.12. The van der Waals surface area contributed by atoms with Crippen LogP contribution < -0.4 is 10.2 Å². The minimum atomic E-state index is -1.05. The molecule has 0 saturated heterocycles. The van der Waals surface area contributed by atoms with Gasteiger partial charge in [0, 0.05) is 25.9 Å². The Morgan fingerprint density at radius 2 is 1.95 bits per heavy atom. The summed E-state index contributed by atoms with van der Waals surface area (Å²) in [5, 5.41) is 11.8. The van der Waals surface area contributed by atoms with Crippen molar-refractivity contribution < 1.29 is 14.7 Å². The number of aromatic nitrogens is 1. The molecule has 2 N–H and O–H groups in total. The molecule has 0 aromatic carbocycles. The molecule has 0 radical (unpaired) electrons.